The Kier molecular flexibility index (Phi) is 8.38. The number of carbonyl (C=O) groups is 2. The number of benzene rings is 2. The molecule has 2 aromatic carbocycles. The van der Waals surface area contributed by atoms with Crippen LogP contribution in [0.15, 0.2) is 72.9 Å². The van der Waals surface area contributed by atoms with E-state index in [0.717, 1.165) is 40.2 Å². The maximum Gasteiger partial charge on any atom is 0.306 e. The molecule has 4 aromatic rings. The second kappa shape index (κ2) is 12.1. The fourth-order valence-corrected chi connectivity index (χ4v) is 5.74. The lowest BCUT2D eigenvalue weighted by atomic mass is 9.97. The fourth-order valence-electron chi connectivity index (χ4n) is 5.74. The van der Waals surface area contributed by atoms with Crippen LogP contribution in [0.25, 0.3) is 11.0 Å². The number of pyridine rings is 1. The molecule has 1 amide bonds. The van der Waals surface area contributed by atoms with Crippen molar-refractivity contribution in [2.24, 2.45) is 5.92 Å². The molecular formula is C31H33ClN4O4. The van der Waals surface area contributed by atoms with Gasteiger partial charge in [-0.1, -0.05) is 30.3 Å². The quantitative estimate of drug-likeness (QED) is 0.343. The number of hydrogen-bond donors (Lipinski definition) is 1. The number of halogens is 1. The van der Waals surface area contributed by atoms with E-state index in [1.165, 1.54) is 5.56 Å². The monoisotopic (exact) mass is 560 g/mol. The Morgan fingerprint density at radius 2 is 1.65 bits per heavy atom. The standard InChI is InChI=1S/C31H32N4O4.ClH/c36-29(21-33-16-12-23(13-17-33)31(37)38)34-18-14-26-27-7-4-15-32-30(27)35(28(26)20-34)19-22-8-10-25(11-9-22)39-24-5-2-1-3-6-24;/h1-11,15,23H,12-14,16-21H2,(H,37,38);1H. The van der Waals surface area contributed by atoms with Gasteiger partial charge in [-0.05, 0) is 79.9 Å². The minimum Gasteiger partial charge on any atom is -0.481 e. The first kappa shape index (κ1) is 27.7. The molecule has 9 heteroatoms. The van der Waals surface area contributed by atoms with Gasteiger partial charge in [0.25, 0.3) is 0 Å². The van der Waals surface area contributed by atoms with Crippen LogP contribution in [-0.4, -0.2) is 62.5 Å². The molecule has 0 radical (unpaired) electrons. The van der Waals surface area contributed by atoms with Gasteiger partial charge in [0.2, 0.25) is 5.91 Å². The summed E-state index contributed by atoms with van der Waals surface area (Å²) in [6.45, 7) is 3.51. The number of nitrogens with zero attached hydrogens (tertiary/aromatic N) is 4. The van der Waals surface area contributed by atoms with E-state index in [4.69, 9.17) is 9.72 Å². The largest absolute Gasteiger partial charge is 0.481 e. The Balaban J connectivity index is 0.00000323. The first-order valence-electron chi connectivity index (χ1n) is 13.5. The number of hydrogen-bond acceptors (Lipinski definition) is 5. The van der Waals surface area contributed by atoms with Gasteiger partial charge in [-0.3, -0.25) is 14.5 Å². The summed E-state index contributed by atoms with van der Waals surface area (Å²) >= 11 is 0. The minimum absolute atomic E-state index is 0. The van der Waals surface area contributed by atoms with E-state index in [9.17, 15) is 14.7 Å². The van der Waals surface area contributed by atoms with E-state index in [1.54, 1.807) is 0 Å². The van der Waals surface area contributed by atoms with Crippen LogP contribution < -0.4 is 4.74 Å². The molecule has 0 bridgehead atoms. The van der Waals surface area contributed by atoms with Crippen molar-refractivity contribution in [3.05, 3.63) is 89.7 Å². The normalized spacial score (nSPS) is 15.8. The molecule has 6 rings (SSSR count). The van der Waals surface area contributed by atoms with E-state index in [1.807, 2.05) is 59.6 Å². The van der Waals surface area contributed by atoms with E-state index in [-0.39, 0.29) is 24.2 Å². The van der Waals surface area contributed by atoms with Crippen molar-refractivity contribution in [3.63, 3.8) is 0 Å². The SMILES string of the molecule is Cl.O=C(O)C1CCN(CC(=O)N2CCc3c(n(Cc4ccc(Oc5ccccc5)cc4)c4ncccc34)C2)CC1. The average molecular weight is 561 g/mol. The number of ether oxygens (including phenoxy) is 1. The number of aliphatic carboxylic acids is 1. The van der Waals surface area contributed by atoms with Crippen molar-refractivity contribution in [3.8, 4) is 11.5 Å². The molecule has 0 spiro atoms. The second-order valence-corrected chi connectivity index (χ2v) is 10.4. The van der Waals surface area contributed by atoms with Gasteiger partial charge in [0, 0.05) is 30.4 Å². The van der Waals surface area contributed by atoms with Crippen LogP contribution in [0.1, 0.15) is 29.7 Å². The Morgan fingerprint density at radius 1 is 0.925 bits per heavy atom. The van der Waals surface area contributed by atoms with Gasteiger partial charge in [-0.2, -0.15) is 0 Å². The van der Waals surface area contributed by atoms with Crippen molar-refractivity contribution in [2.75, 3.05) is 26.2 Å². The molecule has 8 nitrogen and oxygen atoms in total. The summed E-state index contributed by atoms with van der Waals surface area (Å²) in [5.41, 5.74) is 4.48. The van der Waals surface area contributed by atoms with Gasteiger partial charge in [0.05, 0.1) is 19.0 Å². The van der Waals surface area contributed by atoms with Gasteiger partial charge >= 0.3 is 5.97 Å². The summed E-state index contributed by atoms with van der Waals surface area (Å²) in [5.74, 6) is 0.657. The zero-order valence-corrected chi connectivity index (χ0v) is 23.1. The maximum atomic E-state index is 13.3. The number of amides is 1. The summed E-state index contributed by atoms with van der Waals surface area (Å²) in [7, 11) is 0. The molecule has 2 aromatic heterocycles. The fraction of sp³-hybridized carbons (Fsp3) is 0.323. The van der Waals surface area contributed by atoms with Gasteiger partial charge in [-0.25, -0.2) is 4.98 Å². The number of fused-ring (bicyclic) bond motifs is 3. The molecule has 0 aliphatic carbocycles. The van der Waals surface area contributed by atoms with Crippen molar-refractivity contribution >= 4 is 35.3 Å². The Labute approximate surface area is 239 Å². The molecule has 0 saturated carbocycles. The topological polar surface area (TPSA) is 87.9 Å². The van der Waals surface area contributed by atoms with Crippen LogP contribution in [-0.2, 0) is 29.1 Å². The van der Waals surface area contributed by atoms with Crippen LogP contribution in [0, 0.1) is 5.92 Å². The highest BCUT2D eigenvalue weighted by atomic mass is 35.5. The zero-order chi connectivity index (χ0) is 26.8. The third-order valence-electron chi connectivity index (χ3n) is 7.91. The van der Waals surface area contributed by atoms with E-state index >= 15 is 0 Å². The van der Waals surface area contributed by atoms with Gasteiger partial charge in [0.15, 0.2) is 0 Å². The highest BCUT2D eigenvalue weighted by Gasteiger charge is 2.30. The molecular weight excluding hydrogens is 528 g/mol. The van der Waals surface area contributed by atoms with Gasteiger partial charge in [0.1, 0.15) is 17.1 Å². The number of para-hydroxylation sites is 1. The molecule has 2 aliphatic heterocycles. The highest BCUT2D eigenvalue weighted by Crippen LogP contribution is 2.31. The molecule has 1 saturated heterocycles. The number of carboxylic acids is 1. The van der Waals surface area contributed by atoms with Crippen LogP contribution in [0.3, 0.4) is 0 Å². The Hall–Kier alpha value is -3.88. The van der Waals surface area contributed by atoms with Crippen LogP contribution in [0.4, 0.5) is 0 Å². The van der Waals surface area contributed by atoms with E-state index in [0.29, 0.717) is 52.1 Å². The number of carboxylic acid groups (broad SMARTS) is 1. The molecule has 4 heterocycles. The number of rotatable bonds is 7. The smallest absolute Gasteiger partial charge is 0.306 e. The van der Waals surface area contributed by atoms with Crippen molar-refractivity contribution in [1.82, 2.24) is 19.4 Å². The summed E-state index contributed by atoms with van der Waals surface area (Å²) in [6, 6.07) is 21.9. The van der Waals surface area contributed by atoms with E-state index in [2.05, 4.69) is 27.7 Å². The van der Waals surface area contributed by atoms with Crippen molar-refractivity contribution in [2.45, 2.75) is 32.4 Å². The minimum atomic E-state index is -0.732. The number of carbonyl (C=O) groups excluding carboxylic acids is 1. The third-order valence-corrected chi connectivity index (χ3v) is 7.91. The summed E-state index contributed by atoms with van der Waals surface area (Å²) < 4.78 is 8.20. The third kappa shape index (κ3) is 5.83. The van der Waals surface area contributed by atoms with Gasteiger partial charge in [-0.15, -0.1) is 12.4 Å². The molecule has 0 atom stereocenters. The molecule has 1 N–H and O–H groups in total. The summed E-state index contributed by atoms with van der Waals surface area (Å²) in [5, 5.41) is 10.4. The van der Waals surface area contributed by atoms with Crippen molar-refractivity contribution in [1.29, 1.82) is 0 Å². The molecule has 2 aliphatic rings. The second-order valence-electron chi connectivity index (χ2n) is 10.4. The van der Waals surface area contributed by atoms with Crippen LogP contribution in [0.5, 0.6) is 11.5 Å². The van der Waals surface area contributed by atoms with E-state index < -0.39 is 5.97 Å². The first-order chi connectivity index (χ1) is 19.0. The lowest BCUT2D eigenvalue weighted by molar-refractivity contribution is -0.143. The molecule has 40 heavy (non-hydrogen) atoms. The number of aromatic nitrogens is 2. The summed E-state index contributed by atoms with van der Waals surface area (Å²) in [6.07, 6.45) is 3.82. The predicted molar refractivity (Wildman–Crippen MR) is 155 cm³/mol. The van der Waals surface area contributed by atoms with Crippen LogP contribution in [0.2, 0.25) is 0 Å². The first-order valence-corrected chi connectivity index (χ1v) is 13.5. The molecule has 1 fully saturated rings. The summed E-state index contributed by atoms with van der Waals surface area (Å²) in [4.78, 5) is 33.3. The Morgan fingerprint density at radius 3 is 2.38 bits per heavy atom. The lowest BCUT2D eigenvalue weighted by Gasteiger charge is -2.33. The van der Waals surface area contributed by atoms with Crippen LogP contribution >= 0.6 is 12.4 Å². The zero-order valence-electron chi connectivity index (χ0n) is 22.2. The highest BCUT2D eigenvalue weighted by molar-refractivity contribution is 5.85. The maximum absolute atomic E-state index is 13.3. The molecule has 208 valence electrons. The lowest BCUT2D eigenvalue weighted by Crippen LogP contribution is -2.45. The van der Waals surface area contributed by atoms with Gasteiger partial charge < -0.3 is 19.3 Å². The average Bonchev–Trinajstić information content (AvgIpc) is 3.27. The number of likely N-dealkylation sites (tertiary alicyclic amines) is 1. The van der Waals surface area contributed by atoms with Crippen molar-refractivity contribution < 1.29 is 19.4 Å². The molecule has 0 unspecified atom stereocenters. The Bertz CT molecular complexity index is 1480. The predicted octanol–water partition coefficient (Wildman–Crippen LogP) is 4.98. The number of piperidine rings is 1.